The zero-order valence-corrected chi connectivity index (χ0v) is 19.9. The predicted molar refractivity (Wildman–Crippen MR) is 120 cm³/mol. The van der Waals surface area contributed by atoms with E-state index >= 15 is 0 Å². The van der Waals surface area contributed by atoms with E-state index in [1.165, 1.54) is 26.2 Å². The van der Waals surface area contributed by atoms with Crippen LogP contribution in [0.5, 0.6) is 0 Å². The van der Waals surface area contributed by atoms with Crippen molar-refractivity contribution in [2.75, 3.05) is 58.4 Å². The first-order chi connectivity index (χ1) is 15.2. The van der Waals surface area contributed by atoms with Crippen molar-refractivity contribution < 1.29 is 27.5 Å². The van der Waals surface area contributed by atoms with Crippen LogP contribution in [0.3, 0.4) is 0 Å². The van der Waals surface area contributed by atoms with Gasteiger partial charge in [0.15, 0.2) is 6.10 Å². The quantitative estimate of drug-likeness (QED) is 0.588. The van der Waals surface area contributed by atoms with Crippen molar-refractivity contribution in [3.8, 4) is 0 Å². The summed E-state index contributed by atoms with van der Waals surface area (Å²) in [4.78, 5) is 29.7. The van der Waals surface area contributed by atoms with Gasteiger partial charge in [0, 0.05) is 40.3 Å². The summed E-state index contributed by atoms with van der Waals surface area (Å²) in [6, 6.07) is 4.45. The number of amides is 1. The Morgan fingerprint density at radius 2 is 1.66 bits per heavy atom. The Bertz CT molecular complexity index is 920. The first kappa shape index (κ1) is 24.5. The smallest absolute Gasteiger partial charge is 0.341 e. The zero-order valence-electron chi connectivity index (χ0n) is 19.1. The highest BCUT2D eigenvalue weighted by Gasteiger charge is 2.29. The lowest BCUT2D eigenvalue weighted by molar-refractivity contribution is -0.139. The van der Waals surface area contributed by atoms with Crippen LogP contribution in [0, 0.1) is 0 Å². The maximum Gasteiger partial charge on any atom is 0.341 e. The van der Waals surface area contributed by atoms with Crippen LogP contribution in [-0.4, -0.2) is 89.1 Å². The molecule has 0 spiro atoms. The number of benzene rings is 1. The summed E-state index contributed by atoms with van der Waals surface area (Å²) in [5.41, 5.74) is 0.704. The van der Waals surface area contributed by atoms with Crippen molar-refractivity contribution in [1.82, 2.24) is 9.21 Å². The number of sulfonamides is 1. The standard InChI is InChI=1S/C22H33N3O6S/c1-17(21(26)25-10-6-4-5-7-11-25)31-22(27)19-16-18(32(28,29)23(2)3)8-9-20(19)24-12-14-30-15-13-24/h8-9,16-17H,4-7,10-15H2,1-3H3. The van der Waals surface area contributed by atoms with Gasteiger partial charge in [0.2, 0.25) is 10.0 Å². The summed E-state index contributed by atoms with van der Waals surface area (Å²) in [7, 11) is -0.868. The SMILES string of the molecule is CC(OC(=O)c1cc(S(=O)(=O)N(C)C)ccc1N1CCOCC1)C(=O)N1CCCCCC1. The van der Waals surface area contributed by atoms with E-state index in [0.717, 1.165) is 30.0 Å². The number of morpholine rings is 1. The van der Waals surface area contributed by atoms with Gasteiger partial charge in [-0.25, -0.2) is 17.5 Å². The Morgan fingerprint density at radius 1 is 1.03 bits per heavy atom. The molecule has 1 aromatic rings. The summed E-state index contributed by atoms with van der Waals surface area (Å²) in [6.45, 7) is 5.06. The van der Waals surface area contributed by atoms with Crippen molar-refractivity contribution in [3.05, 3.63) is 23.8 Å². The van der Waals surface area contributed by atoms with E-state index in [1.807, 2.05) is 4.90 Å². The van der Waals surface area contributed by atoms with Gasteiger partial charge in [0.05, 0.1) is 29.4 Å². The van der Waals surface area contributed by atoms with E-state index in [9.17, 15) is 18.0 Å². The summed E-state index contributed by atoms with van der Waals surface area (Å²) < 4.78 is 37.3. The molecule has 0 N–H and O–H groups in total. The normalized spacial score (nSPS) is 18.9. The predicted octanol–water partition coefficient (Wildman–Crippen LogP) is 1.72. The van der Waals surface area contributed by atoms with E-state index in [1.54, 1.807) is 17.9 Å². The minimum atomic E-state index is -3.74. The van der Waals surface area contributed by atoms with Gasteiger partial charge in [-0.3, -0.25) is 4.79 Å². The monoisotopic (exact) mass is 467 g/mol. The van der Waals surface area contributed by atoms with Crippen LogP contribution in [0.15, 0.2) is 23.1 Å². The van der Waals surface area contributed by atoms with Crippen LogP contribution < -0.4 is 4.90 Å². The minimum absolute atomic E-state index is 0.00189. The molecule has 2 heterocycles. The highest BCUT2D eigenvalue weighted by Crippen LogP contribution is 2.27. The number of rotatable bonds is 6. The van der Waals surface area contributed by atoms with Crippen LogP contribution in [0.1, 0.15) is 43.0 Å². The number of hydrogen-bond donors (Lipinski definition) is 0. The topological polar surface area (TPSA) is 96.5 Å². The summed E-state index contributed by atoms with van der Waals surface area (Å²) in [5, 5.41) is 0. The lowest BCUT2D eigenvalue weighted by Crippen LogP contribution is -2.41. The largest absolute Gasteiger partial charge is 0.449 e. The number of esters is 1. The van der Waals surface area contributed by atoms with Crippen LogP contribution in [0.2, 0.25) is 0 Å². The van der Waals surface area contributed by atoms with Gasteiger partial charge in [0.25, 0.3) is 5.91 Å². The molecule has 2 aliphatic heterocycles. The number of likely N-dealkylation sites (tertiary alicyclic amines) is 1. The molecule has 3 rings (SSSR count). The second-order valence-corrected chi connectivity index (χ2v) is 10.5. The second-order valence-electron chi connectivity index (χ2n) is 8.35. The molecule has 0 bridgehead atoms. The zero-order chi connectivity index (χ0) is 23.3. The van der Waals surface area contributed by atoms with E-state index in [-0.39, 0.29) is 16.4 Å². The molecule has 2 saturated heterocycles. The third kappa shape index (κ3) is 5.60. The Morgan fingerprint density at radius 3 is 2.25 bits per heavy atom. The molecule has 2 aliphatic rings. The average molecular weight is 468 g/mol. The lowest BCUT2D eigenvalue weighted by Gasteiger charge is -2.31. The van der Waals surface area contributed by atoms with E-state index in [0.29, 0.717) is 45.1 Å². The van der Waals surface area contributed by atoms with Gasteiger partial charge in [-0.1, -0.05) is 12.8 Å². The highest BCUT2D eigenvalue weighted by atomic mass is 32.2. The van der Waals surface area contributed by atoms with Gasteiger partial charge in [0.1, 0.15) is 0 Å². The second kappa shape index (κ2) is 10.6. The third-order valence-corrected chi connectivity index (χ3v) is 7.68. The molecule has 0 aromatic heterocycles. The first-order valence-electron chi connectivity index (χ1n) is 11.1. The third-order valence-electron chi connectivity index (χ3n) is 5.87. The molecular weight excluding hydrogens is 434 g/mol. The minimum Gasteiger partial charge on any atom is -0.449 e. The Hall–Kier alpha value is -2.17. The van der Waals surface area contributed by atoms with E-state index in [2.05, 4.69) is 0 Å². The Balaban J connectivity index is 1.86. The molecule has 1 atom stereocenters. The van der Waals surface area contributed by atoms with Gasteiger partial charge in [-0.15, -0.1) is 0 Å². The van der Waals surface area contributed by atoms with E-state index < -0.39 is 22.1 Å². The molecule has 1 aromatic carbocycles. The number of carbonyl (C=O) groups is 2. The van der Waals surface area contributed by atoms with Crippen molar-refractivity contribution in [3.63, 3.8) is 0 Å². The maximum atomic E-state index is 13.2. The molecule has 9 nitrogen and oxygen atoms in total. The van der Waals surface area contributed by atoms with Crippen LogP contribution >= 0.6 is 0 Å². The fourth-order valence-corrected chi connectivity index (χ4v) is 4.88. The van der Waals surface area contributed by atoms with Crippen LogP contribution in [0.4, 0.5) is 5.69 Å². The maximum absolute atomic E-state index is 13.2. The number of carbonyl (C=O) groups excluding carboxylic acids is 2. The van der Waals surface area contributed by atoms with Crippen molar-refractivity contribution in [2.24, 2.45) is 0 Å². The highest BCUT2D eigenvalue weighted by molar-refractivity contribution is 7.89. The summed E-state index contributed by atoms with van der Waals surface area (Å²) in [6.07, 6.45) is 3.12. The molecule has 32 heavy (non-hydrogen) atoms. The Kier molecular flexibility index (Phi) is 8.13. The molecule has 1 unspecified atom stereocenters. The molecule has 10 heteroatoms. The molecule has 0 saturated carbocycles. The number of hydrogen-bond acceptors (Lipinski definition) is 7. The number of anilines is 1. The molecule has 2 fully saturated rings. The van der Waals surface area contributed by atoms with Crippen LogP contribution in [0.25, 0.3) is 0 Å². The van der Waals surface area contributed by atoms with Gasteiger partial charge in [-0.05, 0) is 38.0 Å². The summed E-state index contributed by atoms with van der Waals surface area (Å²) in [5.74, 6) is -0.928. The van der Waals surface area contributed by atoms with E-state index in [4.69, 9.17) is 9.47 Å². The van der Waals surface area contributed by atoms with Crippen LogP contribution in [-0.2, 0) is 24.3 Å². The van der Waals surface area contributed by atoms with Crippen molar-refractivity contribution in [2.45, 2.75) is 43.6 Å². The molecule has 0 radical (unpaired) electrons. The average Bonchev–Trinajstić information content (AvgIpc) is 3.08. The first-order valence-corrected chi connectivity index (χ1v) is 12.5. The Labute approximate surface area is 190 Å². The summed E-state index contributed by atoms with van der Waals surface area (Å²) >= 11 is 0. The molecule has 178 valence electrons. The van der Waals surface area contributed by atoms with Gasteiger partial charge < -0.3 is 19.3 Å². The fourth-order valence-electron chi connectivity index (χ4n) is 3.95. The van der Waals surface area contributed by atoms with Crippen molar-refractivity contribution >= 4 is 27.6 Å². The number of ether oxygens (including phenoxy) is 2. The fraction of sp³-hybridized carbons (Fsp3) is 0.636. The van der Waals surface area contributed by atoms with Crippen molar-refractivity contribution in [1.29, 1.82) is 0 Å². The molecule has 0 aliphatic carbocycles. The molecule has 1 amide bonds. The molecular formula is C22H33N3O6S. The lowest BCUT2D eigenvalue weighted by atomic mass is 10.1. The van der Waals surface area contributed by atoms with Gasteiger partial charge in [-0.2, -0.15) is 0 Å². The number of nitrogens with zero attached hydrogens (tertiary/aromatic N) is 3. The van der Waals surface area contributed by atoms with Gasteiger partial charge >= 0.3 is 5.97 Å².